The molecule has 1 N–H and O–H groups in total. The summed E-state index contributed by atoms with van der Waals surface area (Å²) in [7, 11) is 1.33. The lowest BCUT2D eigenvalue weighted by molar-refractivity contribution is -0.115. The van der Waals surface area contributed by atoms with Crippen molar-refractivity contribution in [3.63, 3.8) is 0 Å². The van der Waals surface area contributed by atoms with Crippen LogP contribution >= 0.6 is 11.8 Å². The maximum absolute atomic E-state index is 13.6. The van der Waals surface area contributed by atoms with Gasteiger partial charge in [-0.25, -0.2) is 4.39 Å². The first kappa shape index (κ1) is 19.1. The van der Waals surface area contributed by atoms with Crippen LogP contribution in [0.25, 0.3) is 0 Å². The molecule has 0 saturated carbocycles. The molecule has 0 aromatic heterocycles. The molecule has 0 radical (unpaired) electrons. The van der Waals surface area contributed by atoms with Gasteiger partial charge in [0.15, 0.2) is 11.6 Å². The lowest BCUT2D eigenvalue weighted by atomic mass is 10.1. The van der Waals surface area contributed by atoms with Crippen LogP contribution in [-0.2, 0) is 11.2 Å². The molecule has 2 aromatic rings. The van der Waals surface area contributed by atoms with Crippen LogP contribution in [0.1, 0.15) is 5.56 Å². The standard InChI is InChI=1S/C17H15F4NO2S/c1-24-14-7-6-11(8-12(14)18)9-16(23)22-13-4-2-3-5-15(13)25-10-17(19,20)21/h2-8H,9-10H2,1H3,(H,22,23). The van der Waals surface area contributed by atoms with Crippen LogP contribution in [0.3, 0.4) is 0 Å². The molecule has 2 rings (SSSR count). The molecule has 0 aliphatic rings. The number of carbonyl (C=O) groups excluding carboxylic acids is 1. The second kappa shape index (κ2) is 8.24. The van der Waals surface area contributed by atoms with Crippen molar-refractivity contribution in [3.05, 3.63) is 53.8 Å². The molecular formula is C17H15F4NO2S. The molecular weight excluding hydrogens is 358 g/mol. The summed E-state index contributed by atoms with van der Waals surface area (Å²) in [4.78, 5) is 12.4. The lowest BCUT2D eigenvalue weighted by Crippen LogP contribution is -2.16. The number of halogens is 4. The molecule has 0 spiro atoms. The van der Waals surface area contributed by atoms with Crippen LogP contribution < -0.4 is 10.1 Å². The summed E-state index contributed by atoms with van der Waals surface area (Å²) < 4.78 is 55.5. The number of methoxy groups -OCH3 is 1. The molecule has 8 heteroatoms. The Labute approximate surface area is 146 Å². The van der Waals surface area contributed by atoms with Crippen LogP contribution in [0.15, 0.2) is 47.4 Å². The summed E-state index contributed by atoms with van der Waals surface area (Å²) in [6.45, 7) is 0. The van der Waals surface area contributed by atoms with E-state index in [-0.39, 0.29) is 17.9 Å². The highest BCUT2D eigenvalue weighted by molar-refractivity contribution is 7.99. The zero-order valence-electron chi connectivity index (χ0n) is 13.2. The van der Waals surface area contributed by atoms with E-state index in [0.717, 1.165) is 0 Å². The summed E-state index contributed by atoms with van der Waals surface area (Å²) in [5.41, 5.74) is 0.715. The molecule has 0 unspecified atom stereocenters. The van der Waals surface area contributed by atoms with E-state index in [4.69, 9.17) is 4.74 Å². The fourth-order valence-corrected chi connectivity index (χ4v) is 2.82. The van der Waals surface area contributed by atoms with Crippen molar-refractivity contribution >= 4 is 23.4 Å². The van der Waals surface area contributed by atoms with E-state index in [9.17, 15) is 22.4 Å². The smallest absolute Gasteiger partial charge is 0.398 e. The Kier molecular flexibility index (Phi) is 6.30. The van der Waals surface area contributed by atoms with Gasteiger partial charge in [0, 0.05) is 4.90 Å². The van der Waals surface area contributed by atoms with Gasteiger partial charge in [-0.15, -0.1) is 11.8 Å². The normalized spacial score (nSPS) is 11.2. The Morgan fingerprint density at radius 1 is 1.20 bits per heavy atom. The molecule has 0 heterocycles. The van der Waals surface area contributed by atoms with Gasteiger partial charge < -0.3 is 10.1 Å². The molecule has 0 atom stereocenters. The second-order valence-electron chi connectivity index (χ2n) is 5.09. The van der Waals surface area contributed by atoms with Gasteiger partial charge in [-0.05, 0) is 29.8 Å². The summed E-state index contributed by atoms with van der Waals surface area (Å²) in [6, 6.07) is 10.4. The molecule has 0 aliphatic carbocycles. The summed E-state index contributed by atoms with van der Waals surface area (Å²) in [5, 5.41) is 2.56. The van der Waals surface area contributed by atoms with E-state index >= 15 is 0 Å². The third-order valence-electron chi connectivity index (χ3n) is 3.13. The van der Waals surface area contributed by atoms with E-state index in [2.05, 4.69) is 5.32 Å². The van der Waals surface area contributed by atoms with Crippen LogP contribution in [0.5, 0.6) is 5.75 Å². The number of amides is 1. The number of hydrogen-bond donors (Lipinski definition) is 1. The van der Waals surface area contributed by atoms with E-state index in [1.54, 1.807) is 18.2 Å². The topological polar surface area (TPSA) is 38.3 Å². The van der Waals surface area contributed by atoms with E-state index in [1.165, 1.54) is 31.4 Å². The minimum absolute atomic E-state index is 0.0676. The predicted octanol–water partition coefficient (Wildman–Crippen LogP) is 4.67. The highest BCUT2D eigenvalue weighted by atomic mass is 32.2. The van der Waals surface area contributed by atoms with E-state index < -0.39 is 23.7 Å². The van der Waals surface area contributed by atoms with Crippen LogP contribution in [0.4, 0.5) is 23.2 Å². The average molecular weight is 373 g/mol. The SMILES string of the molecule is COc1ccc(CC(=O)Nc2ccccc2SCC(F)(F)F)cc1F. The first-order valence-corrected chi connectivity index (χ1v) is 8.18. The minimum Gasteiger partial charge on any atom is -0.494 e. The number of carbonyl (C=O) groups is 1. The zero-order valence-corrected chi connectivity index (χ0v) is 14.0. The van der Waals surface area contributed by atoms with E-state index in [0.29, 0.717) is 22.2 Å². The monoisotopic (exact) mass is 373 g/mol. The maximum atomic E-state index is 13.6. The Morgan fingerprint density at radius 2 is 1.92 bits per heavy atom. The van der Waals surface area contributed by atoms with Gasteiger partial charge in [-0.2, -0.15) is 13.2 Å². The largest absolute Gasteiger partial charge is 0.494 e. The molecule has 0 saturated heterocycles. The van der Waals surface area contributed by atoms with Gasteiger partial charge in [0.1, 0.15) is 0 Å². The van der Waals surface area contributed by atoms with Gasteiger partial charge in [-0.3, -0.25) is 4.79 Å². The third kappa shape index (κ3) is 5.97. The second-order valence-corrected chi connectivity index (χ2v) is 6.11. The number of alkyl halides is 3. The number of para-hydroxylation sites is 1. The quantitative estimate of drug-likeness (QED) is 0.591. The fourth-order valence-electron chi connectivity index (χ4n) is 2.05. The van der Waals surface area contributed by atoms with Crippen LogP contribution in [0.2, 0.25) is 0 Å². The number of ether oxygens (including phenoxy) is 1. The van der Waals surface area contributed by atoms with Crippen LogP contribution in [0, 0.1) is 5.82 Å². The first-order chi connectivity index (χ1) is 11.8. The van der Waals surface area contributed by atoms with Crippen molar-refractivity contribution in [1.82, 2.24) is 0 Å². The molecule has 134 valence electrons. The van der Waals surface area contributed by atoms with Crippen molar-refractivity contribution in [1.29, 1.82) is 0 Å². The Balaban J connectivity index is 2.04. The third-order valence-corrected chi connectivity index (χ3v) is 4.27. The Bertz CT molecular complexity index is 750. The Hall–Kier alpha value is -2.22. The molecule has 0 fully saturated rings. The number of thioether (sulfide) groups is 1. The van der Waals surface area contributed by atoms with Gasteiger partial charge in [-0.1, -0.05) is 18.2 Å². The lowest BCUT2D eigenvalue weighted by Gasteiger charge is -2.12. The highest BCUT2D eigenvalue weighted by Crippen LogP contribution is 2.32. The van der Waals surface area contributed by atoms with Crippen molar-refractivity contribution in [2.24, 2.45) is 0 Å². The molecule has 25 heavy (non-hydrogen) atoms. The number of rotatable bonds is 6. The molecule has 3 nitrogen and oxygen atoms in total. The molecule has 2 aromatic carbocycles. The molecule has 0 aliphatic heterocycles. The zero-order chi connectivity index (χ0) is 18.4. The number of nitrogens with one attached hydrogen (secondary N) is 1. The predicted molar refractivity (Wildman–Crippen MR) is 88.5 cm³/mol. The molecule has 1 amide bonds. The van der Waals surface area contributed by atoms with Gasteiger partial charge in [0.2, 0.25) is 5.91 Å². The van der Waals surface area contributed by atoms with Gasteiger partial charge in [0.05, 0.1) is 25.0 Å². The van der Waals surface area contributed by atoms with Crippen molar-refractivity contribution in [2.75, 3.05) is 18.2 Å². The van der Waals surface area contributed by atoms with Gasteiger partial charge in [0.25, 0.3) is 0 Å². The maximum Gasteiger partial charge on any atom is 0.398 e. The average Bonchev–Trinajstić information content (AvgIpc) is 2.53. The Morgan fingerprint density at radius 3 is 2.56 bits per heavy atom. The molecule has 0 bridgehead atoms. The number of benzene rings is 2. The van der Waals surface area contributed by atoms with Crippen molar-refractivity contribution in [3.8, 4) is 5.75 Å². The van der Waals surface area contributed by atoms with Crippen molar-refractivity contribution < 1.29 is 27.1 Å². The van der Waals surface area contributed by atoms with E-state index in [1.807, 2.05) is 0 Å². The first-order valence-electron chi connectivity index (χ1n) is 7.19. The highest BCUT2D eigenvalue weighted by Gasteiger charge is 2.27. The summed E-state index contributed by atoms with van der Waals surface area (Å²) >= 11 is 0.593. The number of anilines is 1. The number of hydrogen-bond acceptors (Lipinski definition) is 3. The van der Waals surface area contributed by atoms with Crippen molar-refractivity contribution in [2.45, 2.75) is 17.5 Å². The van der Waals surface area contributed by atoms with Crippen LogP contribution in [-0.4, -0.2) is 24.9 Å². The van der Waals surface area contributed by atoms with Gasteiger partial charge >= 0.3 is 6.18 Å². The summed E-state index contributed by atoms with van der Waals surface area (Å²) in [6.07, 6.45) is -4.42. The summed E-state index contributed by atoms with van der Waals surface area (Å²) in [5.74, 6) is -2.03. The fraction of sp³-hybridized carbons (Fsp3) is 0.235. The minimum atomic E-state index is -4.30.